The Morgan fingerprint density at radius 2 is 1.93 bits per heavy atom. The van der Waals surface area contributed by atoms with E-state index < -0.39 is 11.5 Å². The molecule has 3 N–H and O–H groups in total. The second-order valence-corrected chi connectivity index (χ2v) is 8.26. The number of aromatic nitrogens is 4. The number of amides is 1. The number of carbonyl (C=O) groups is 2. The zero-order valence-corrected chi connectivity index (χ0v) is 17.9. The van der Waals surface area contributed by atoms with Crippen molar-refractivity contribution < 1.29 is 14.3 Å². The topological polar surface area (TPSA) is 124 Å². The number of hydrogen-bond acceptors (Lipinski definition) is 7. The third kappa shape index (κ3) is 5.03. The number of esters is 1. The summed E-state index contributed by atoms with van der Waals surface area (Å²) in [6.45, 7) is 8.14. The second kappa shape index (κ2) is 8.64. The Morgan fingerprint density at radius 1 is 1.17 bits per heavy atom. The van der Waals surface area contributed by atoms with Gasteiger partial charge in [0, 0.05) is 18.5 Å². The van der Waals surface area contributed by atoms with Gasteiger partial charge in [0.05, 0.1) is 11.0 Å². The van der Waals surface area contributed by atoms with Crippen LogP contribution in [0.5, 0.6) is 0 Å². The molecule has 2 aromatic heterocycles. The number of nitrogens with one attached hydrogen (secondary N) is 1. The number of rotatable bonds is 8. The standard InChI is InChI=1S/C21H28N6O3/c1-13-25-26-20-19(23-11-7-5-6-8-17(28)30-21(2,3)4)24-15-10-9-14(18(22)29)12-16(15)27(13)20/h9-10,12H,5-8,11H2,1-4H3,(H2,22,29)(H,23,24). The average molecular weight is 412 g/mol. The summed E-state index contributed by atoms with van der Waals surface area (Å²) in [6, 6.07) is 5.12. The van der Waals surface area contributed by atoms with Gasteiger partial charge in [-0.2, -0.15) is 0 Å². The third-order valence-corrected chi connectivity index (χ3v) is 4.54. The monoisotopic (exact) mass is 412 g/mol. The Labute approximate surface area is 175 Å². The molecular weight excluding hydrogens is 384 g/mol. The van der Waals surface area contributed by atoms with Crippen LogP contribution in [0.4, 0.5) is 5.82 Å². The van der Waals surface area contributed by atoms with Crippen molar-refractivity contribution in [3.8, 4) is 0 Å². The van der Waals surface area contributed by atoms with E-state index in [1.165, 1.54) is 0 Å². The number of nitrogens with two attached hydrogens (primary N) is 1. The molecular formula is C21H28N6O3. The number of anilines is 1. The zero-order chi connectivity index (χ0) is 21.9. The van der Waals surface area contributed by atoms with Gasteiger partial charge in [0.15, 0.2) is 5.82 Å². The van der Waals surface area contributed by atoms with Gasteiger partial charge in [-0.25, -0.2) is 4.98 Å². The number of nitrogens with zero attached hydrogens (tertiary/aromatic N) is 4. The summed E-state index contributed by atoms with van der Waals surface area (Å²) in [5, 5.41) is 11.7. The fourth-order valence-corrected chi connectivity index (χ4v) is 3.21. The van der Waals surface area contributed by atoms with E-state index in [1.54, 1.807) is 18.2 Å². The van der Waals surface area contributed by atoms with Gasteiger partial charge in [0.25, 0.3) is 0 Å². The molecule has 0 aliphatic carbocycles. The maximum atomic E-state index is 11.8. The minimum Gasteiger partial charge on any atom is -0.460 e. The third-order valence-electron chi connectivity index (χ3n) is 4.54. The first-order valence-corrected chi connectivity index (χ1v) is 10.1. The molecule has 3 rings (SSSR count). The maximum Gasteiger partial charge on any atom is 0.306 e. The fraction of sp³-hybridized carbons (Fsp3) is 0.476. The van der Waals surface area contributed by atoms with Crippen LogP contribution < -0.4 is 11.1 Å². The van der Waals surface area contributed by atoms with Gasteiger partial charge in [0.2, 0.25) is 11.6 Å². The highest BCUT2D eigenvalue weighted by molar-refractivity contribution is 5.97. The van der Waals surface area contributed by atoms with Gasteiger partial charge >= 0.3 is 5.97 Å². The van der Waals surface area contributed by atoms with Crippen LogP contribution >= 0.6 is 0 Å². The molecule has 0 atom stereocenters. The molecule has 0 radical (unpaired) electrons. The van der Waals surface area contributed by atoms with Crippen molar-refractivity contribution in [1.82, 2.24) is 19.6 Å². The summed E-state index contributed by atoms with van der Waals surface area (Å²) in [4.78, 5) is 27.9. The lowest BCUT2D eigenvalue weighted by Crippen LogP contribution is -2.23. The number of benzene rings is 1. The summed E-state index contributed by atoms with van der Waals surface area (Å²) in [5.74, 6) is 0.661. The van der Waals surface area contributed by atoms with Crippen LogP contribution in [0.2, 0.25) is 0 Å². The van der Waals surface area contributed by atoms with E-state index in [0.717, 1.165) is 24.8 Å². The molecule has 0 saturated heterocycles. The van der Waals surface area contributed by atoms with Crippen LogP contribution in [0.25, 0.3) is 16.7 Å². The quantitative estimate of drug-likeness (QED) is 0.430. The molecule has 0 aliphatic rings. The molecule has 0 saturated carbocycles. The first-order valence-electron chi connectivity index (χ1n) is 10.1. The van der Waals surface area contributed by atoms with Crippen LogP contribution in [0, 0.1) is 6.92 Å². The molecule has 0 bridgehead atoms. The molecule has 2 heterocycles. The minimum absolute atomic E-state index is 0.164. The molecule has 3 aromatic rings. The van der Waals surface area contributed by atoms with Gasteiger partial charge in [-0.3, -0.25) is 14.0 Å². The predicted octanol–water partition coefficient (Wildman–Crippen LogP) is 3.00. The minimum atomic E-state index is -0.496. The van der Waals surface area contributed by atoms with Gasteiger partial charge in [0.1, 0.15) is 11.4 Å². The molecule has 30 heavy (non-hydrogen) atoms. The van der Waals surface area contributed by atoms with E-state index in [0.29, 0.717) is 41.3 Å². The molecule has 1 amide bonds. The van der Waals surface area contributed by atoms with Crippen LogP contribution in [-0.2, 0) is 9.53 Å². The van der Waals surface area contributed by atoms with E-state index in [9.17, 15) is 9.59 Å². The Kier molecular flexibility index (Phi) is 6.19. The van der Waals surface area contributed by atoms with E-state index >= 15 is 0 Å². The van der Waals surface area contributed by atoms with Crippen LogP contribution in [0.1, 0.15) is 62.6 Å². The number of carbonyl (C=O) groups excluding carboxylic acids is 2. The second-order valence-electron chi connectivity index (χ2n) is 8.26. The highest BCUT2D eigenvalue weighted by Crippen LogP contribution is 2.23. The zero-order valence-electron chi connectivity index (χ0n) is 17.9. The predicted molar refractivity (Wildman–Crippen MR) is 114 cm³/mol. The van der Waals surface area contributed by atoms with E-state index in [4.69, 9.17) is 10.5 Å². The number of primary amides is 1. The normalized spacial score (nSPS) is 11.7. The first-order chi connectivity index (χ1) is 14.2. The molecule has 0 spiro atoms. The van der Waals surface area contributed by atoms with Crippen molar-refractivity contribution in [2.24, 2.45) is 5.73 Å². The largest absolute Gasteiger partial charge is 0.460 e. The molecule has 9 heteroatoms. The number of unbranched alkanes of at least 4 members (excludes halogenated alkanes) is 2. The van der Waals surface area contributed by atoms with Crippen molar-refractivity contribution in [3.63, 3.8) is 0 Å². The lowest BCUT2D eigenvalue weighted by Gasteiger charge is -2.19. The van der Waals surface area contributed by atoms with Crippen LogP contribution in [0.15, 0.2) is 18.2 Å². The summed E-state index contributed by atoms with van der Waals surface area (Å²) in [7, 11) is 0. The summed E-state index contributed by atoms with van der Waals surface area (Å²) in [6.07, 6.45) is 2.96. The Balaban J connectivity index is 1.65. The molecule has 1 aromatic carbocycles. The highest BCUT2D eigenvalue weighted by atomic mass is 16.6. The smallest absolute Gasteiger partial charge is 0.306 e. The van der Waals surface area contributed by atoms with Gasteiger partial charge in [-0.05, 0) is 58.7 Å². The van der Waals surface area contributed by atoms with E-state index in [1.807, 2.05) is 32.1 Å². The number of ether oxygens (including phenoxy) is 1. The van der Waals surface area contributed by atoms with Crippen molar-refractivity contribution in [2.45, 2.75) is 59.0 Å². The van der Waals surface area contributed by atoms with E-state index in [-0.39, 0.29) is 5.97 Å². The van der Waals surface area contributed by atoms with Crippen LogP contribution in [-0.4, -0.2) is 43.6 Å². The Hall–Kier alpha value is -3.23. The molecule has 0 unspecified atom stereocenters. The number of fused-ring (bicyclic) bond motifs is 3. The fourth-order valence-electron chi connectivity index (χ4n) is 3.21. The lowest BCUT2D eigenvalue weighted by atomic mass is 10.1. The molecule has 0 aliphatic heterocycles. The van der Waals surface area contributed by atoms with Gasteiger partial charge in [-0.1, -0.05) is 6.42 Å². The highest BCUT2D eigenvalue weighted by Gasteiger charge is 2.16. The SMILES string of the molecule is Cc1nnc2c(NCCCCCC(=O)OC(C)(C)C)nc3ccc(C(N)=O)cc3n12. The molecule has 160 valence electrons. The van der Waals surface area contributed by atoms with E-state index in [2.05, 4.69) is 20.5 Å². The van der Waals surface area contributed by atoms with Crippen molar-refractivity contribution in [3.05, 3.63) is 29.6 Å². The molecule has 9 nitrogen and oxygen atoms in total. The number of aryl methyl sites for hydroxylation is 1. The lowest BCUT2D eigenvalue weighted by molar-refractivity contribution is -0.154. The summed E-state index contributed by atoms with van der Waals surface area (Å²) in [5.41, 5.74) is 7.40. The van der Waals surface area contributed by atoms with Gasteiger partial charge < -0.3 is 15.8 Å². The summed E-state index contributed by atoms with van der Waals surface area (Å²) < 4.78 is 7.18. The Bertz CT molecular complexity index is 1080. The maximum absolute atomic E-state index is 11.8. The van der Waals surface area contributed by atoms with Crippen molar-refractivity contribution >= 4 is 34.4 Å². The number of hydrogen-bond donors (Lipinski definition) is 2. The molecule has 0 fully saturated rings. The first kappa shape index (κ1) is 21.5. The average Bonchev–Trinajstić information content (AvgIpc) is 3.05. The van der Waals surface area contributed by atoms with Crippen molar-refractivity contribution in [2.75, 3.05) is 11.9 Å². The van der Waals surface area contributed by atoms with Crippen molar-refractivity contribution in [1.29, 1.82) is 0 Å². The van der Waals surface area contributed by atoms with Crippen LogP contribution in [0.3, 0.4) is 0 Å². The van der Waals surface area contributed by atoms with Gasteiger partial charge in [-0.15, -0.1) is 10.2 Å². The Morgan fingerprint density at radius 3 is 2.63 bits per heavy atom. The summed E-state index contributed by atoms with van der Waals surface area (Å²) >= 11 is 0.